The summed E-state index contributed by atoms with van der Waals surface area (Å²) in [7, 11) is 0. The van der Waals surface area contributed by atoms with Gasteiger partial charge in [-0.05, 0) is 29.7 Å². The van der Waals surface area contributed by atoms with Crippen LogP contribution < -0.4 is 0 Å². The van der Waals surface area contributed by atoms with Crippen LogP contribution in [-0.2, 0) is 6.42 Å². The number of nitrogens with zero attached hydrogens (tertiary/aromatic N) is 1. The normalized spacial score (nSPS) is 11.0. The van der Waals surface area contributed by atoms with E-state index in [0.29, 0.717) is 0 Å². The van der Waals surface area contributed by atoms with Gasteiger partial charge < -0.3 is 0 Å². The van der Waals surface area contributed by atoms with Gasteiger partial charge in [-0.1, -0.05) is 61.5 Å². The minimum absolute atomic E-state index is 1.01. The van der Waals surface area contributed by atoms with E-state index >= 15 is 0 Å². The first-order valence-electron chi connectivity index (χ1n) is 6.89. The molecule has 0 heterocycles. The van der Waals surface area contributed by atoms with E-state index in [-0.39, 0.29) is 0 Å². The quantitative estimate of drug-likeness (QED) is 0.629. The highest BCUT2D eigenvalue weighted by Crippen LogP contribution is 2.18. The van der Waals surface area contributed by atoms with E-state index in [9.17, 15) is 13.2 Å². The third-order valence-electron chi connectivity index (χ3n) is 2.76. The molecule has 0 bridgehead atoms. The summed E-state index contributed by atoms with van der Waals surface area (Å²) in [5, 5.41) is 0. The van der Waals surface area contributed by atoms with Crippen LogP contribution in [0.4, 0.5) is 18.9 Å². The van der Waals surface area contributed by atoms with Gasteiger partial charge >= 0.3 is 6.68 Å². The van der Waals surface area contributed by atoms with Gasteiger partial charge in [0, 0.05) is 6.21 Å². The summed E-state index contributed by atoms with van der Waals surface area (Å²) in [6, 6.07) is 18.5. The second-order valence-corrected chi connectivity index (χ2v) is 4.28. The predicted octanol–water partition coefficient (Wildman–Crippen LogP) is 5.84. The van der Waals surface area contributed by atoms with Crippen molar-refractivity contribution < 1.29 is 13.2 Å². The molecule has 4 heteroatoms. The number of aryl methyl sites for hydroxylation is 1. The molecule has 0 unspecified atom stereocenters. The second kappa shape index (κ2) is 10.4. The van der Waals surface area contributed by atoms with Crippen LogP contribution in [0.25, 0.3) is 6.08 Å². The predicted molar refractivity (Wildman–Crippen MR) is 86.6 cm³/mol. The highest BCUT2D eigenvalue weighted by molar-refractivity contribution is 5.80. The Morgan fingerprint density at radius 3 is 2.18 bits per heavy atom. The molecule has 0 saturated heterocycles. The molecule has 0 atom stereocenters. The minimum Gasteiger partial charge on any atom is -0.257 e. The number of alkyl halides is 3. The molecule has 0 radical (unpaired) electrons. The molecule has 116 valence electrons. The van der Waals surface area contributed by atoms with Crippen LogP contribution in [-0.4, -0.2) is 12.9 Å². The number of rotatable bonds is 4. The number of benzene rings is 2. The van der Waals surface area contributed by atoms with Crippen molar-refractivity contribution in [1.82, 2.24) is 0 Å². The molecule has 0 aliphatic carbocycles. The summed E-state index contributed by atoms with van der Waals surface area (Å²) in [5.74, 6) is 0. The van der Waals surface area contributed by atoms with Crippen molar-refractivity contribution in [3.8, 4) is 0 Å². The molecule has 0 aliphatic rings. The van der Waals surface area contributed by atoms with Crippen LogP contribution in [0.1, 0.15) is 18.1 Å². The summed E-state index contributed by atoms with van der Waals surface area (Å²) in [5.41, 5.74) is 3.52. The van der Waals surface area contributed by atoms with Crippen molar-refractivity contribution in [3.05, 3.63) is 71.8 Å². The zero-order chi connectivity index (χ0) is 16.2. The van der Waals surface area contributed by atoms with E-state index < -0.39 is 6.68 Å². The third kappa shape index (κ3) is 7.43. The van der Waals surface area contributed by atoms with Crippen molar-refractivity contribution in [1.29, 1.82) is 0 Å². The summed E-state index contributed by atoms with van der Waals surface area (Å²) < 4.78 is 29.0. The first kappa shape index (κ1) is 17.7. The first-order valence-corrected chi connectivity index (χ1v) is 6.89. The average molecular weight is 305 g/mol. The Hall–Kier alpha value is -2.36. The Labute approximate surface area is 128 Å². The monoisotopic (exact) mass is 305 g/mol. The number of hydrogen-bond donors (Lipinski definition) is 0. The molecule has 0 fully saturated rings. The summed E-state index contributed by atoms with van der Waals surface area (Å²) in [6.45, 7) is -1.52. The van der Waals surface area contributed by atoms with E-state index in [1.807, 2.05) is 42.6 Å². The highest BCUT2D eigenvalue weighted by atomic mass is 19.4. The summed E-state index contributed by atoms with van der Waals surface area (Å²) >= 11 is 0. The van der Waals surface area contributed by atoms with Gasteiger partial charge in [-0.3, -0.25) is 4.99 Å². The fraction of sp³-hybridized carbons (Fsp3) is 0.167. The molecule has 0 amide bonds. The largest absolute Gasteiger partial charge is 0.379 e. The third-order valence-corrected chi connectivity index (χ3v) is 2.76. The maximum absolute atomic E-state index is 9.67. The van der Waals surface area contributed by atoms with Crippen LogP contribution in [0.2, 0.25) is 0 Å². The van der Waals surface area contributed by atoms with Crippen molar-refractivity contribution in [2.75, 3.05) is 0 Å². The molecular formula is C18H18F3N. The van der Waals surface area contributed by atoms with Crippen LogP contribution in [0, 0.1) is 0 Å². The van der Waals surface area contributed by atoms with Crippen molar-refractivity contribution >= 4 is 18.0 Å². The van der Waals surface area contributed by atoms with Gasteiger partial charge in [-0.2, -0.15) is 13.2 Å². The molecule has 2 aromatic carbocycles. The van der Waals surface area contributed by atoms with Crippen molar-refractivity contribution in [2.45, 2.75) is 20.0 Å². The lowest BCUT2D eigenvalue weighted by Gasteiger charge is -2.00. The molecule has 22 heavy (non-hydrogen) atoms. The molecule has 0 aliphatic heterocycles. The SMILES string of the molecule is CCc1ccccc1N=CC=Cc1ccccc1.FC(F)F. The van der Waals surface area contributed by atoms with Gasteiger partial charge in [-0.25, -0.2) is 0 Å². The van der Waals surface area contributed by atoms with Crippen molar-refractivity contribution in [3.63, 3.8) is 0 Å². The summed E-state index contributed by atoms with van der Waals surface area (Å²) in [4.78, 5) is 4.48. The Bertz CT molecular complexity index is 590. The summed E-state index contributed by atoms with van der Waals surface area (Å²) in [6.07, 6.45) is 6.89. The van der Waals surface area contributed by atoms with E-state index in [1.165, 1.54) is 11.1 Å². The molecule has 0 N–H and O–H groups in total. The number of aliphatic imine (C=N–C) groups is 1. The van der Waals surface area contributed by atoms with Gasteiger partial charge in [0.2, 0.25) is 0 Å². The average Bonchev–Trinajstić information content (AvgIpc) is 2.52. The van der Waals surface area contributed by atoms with E-state index in [4.69, 9.17) is 0 Å². The van der Waals surface area contributed by atoms with Crippen LogP contribution >= 0.6 is 0 Å². The smallest absolute Gasteiger partial charge is 0.257 e. The van der Waals surface area contributed by atoms with Crippen LogP contribution in [0.15, 0.2) is 65.7 Å². The zero-order valence-electron chi connectivity index (χ0n) is 12.3. The number of para-hydroxylation sites is 1. The zero-order valence-corrected chi connectivity index (χ0v) is 12.3. The molecular weight excluding hydrogens is 287 g/mol. The Morgan fingerprint density at radius 1 is 0.955 bits per heavy atom. The number of hydrogen-bond acceptors (Lipinski definition) is 1. The molecule has 0 saturated carbocycles. The van der Waals surface area contributed by atoms with E-state index in [2.05, 4.69) is 42.3 Å². The van der Waals surface area contributed by atoms with Gasteiger partial charge in [0.25, 0.3) is 0 Å². The minimum atomic E-state index is -3.67. The maximum Gasteiger partial charge on any atom is 0.379 e. The van der Waals surface area contributed by atoms with E-state index in [0.717, 1.165) is 12.1 Å². The Morgan fingerprint density at radius 2 is 1.55 bits per heavy atom. The van der Waals surface area contributed by atoms with Gasteiger partial charge in [0.1, 0.15) is 0 Å². The van der Waals surface area contributed by atoms with Gasteiger partial charge in [-0.15, -0.1) is 0 Å². The maximum atomic E-state index is 9.67. The van der Waals surface area contributed by atoms with Gasteiger partial charge in [0.05, 0.1) is 5.69 Å². The molecule has 0 spiro atoms. The second-order valence-electron chi connectivity index (χ2n) is 4.28. The first-order chi connectivity index (χ1) is 10.6. The van der Waals surface area contributed by atoms with Crippen molar-refractivity contribution in [2.24, 2.45) is 4.99 Å². The van der Waals surface area contributed by atoms with E-state index in [1.54, 1.807) is 0 Å². The van der Waals surface area contributed by atoms with Gasteiger partial charge in [0.15, 0.2) is 0 Å². The fourth-order valence-electron chi connectivity index (χ4n) is 1.78. The lowest BCUT2D eigenvalue weighted by Crippen LogP contribution is -1.80. The topological polar surface area (TPSA) is 12.4 Å². The molecule has 1 nitrogen and oxygen atoms in total. The highest BCUT2D eigenvalue weighted by Gasteiger charge is 1.94. The molecule has 0 aromatic heterocycles. The molecule has 2 aromatic rings. The number of allylic oxidation sites excluding steroid dienone is 1. The lowest BCUT2D eigenvalue weighted by molar-refractivity contribution is 0.00819. The fourth-order valence-corrected chi connectivity index (χ4v) is 1.78. The number of halogens is 3. The lowest BCUT2D eigenvalue weighted by atomic mass is 10.1. The standard InChI is InChI=1S/C17H17N.CHF3/c1-2-16-12-6-7-13-17(16)18-14-8-11-15-9-4-3-5-10-15;2-1(3)4/h3-14H,2H2,1H3;1H. The Kier molecular flexibility index (Phi) is 8.35. The van der Waals surface area contributed by atoms with Crippen LogP contribution in [0.5, 0.6) is 0 Å². The molecule has 2 rings (SSSR count). The Balaban J connectivity index is 0.000000541. The van der Waals surface area contributed by atoms with Crippen LogP contribution in [0.3, 0.4) is 0 Å².